The lowest BCUT2D eigenvalue weighted by molar-refractivity contribution is -0.127. The maximum Gasteiger partial charge on any atom is 0.249 e. The summed E-state index contributed by atoms with van der Waals surface area (Å²) in [6, 6.07) is 9.25. The highest BCUT2D eigenvalue weighted by Gasteiger charge is 2.38. The summed E-state index contributed by atoms with van der Waals surface area (Å²) in [6.07, 6.45) is 0.970. The number of ether oxygens (including phenoxy) is 1. The Bertz CT molecular complexity index is 557. The Morgan fingerprint density at radius 3 is 2.87 bits per heavy atom. The van der Waals surface area contributed by atoms with Crippen molar-refractivity contribution in [1.82, 2.24) is 10.6 Å². The number of amides is 2. The van der Waals surface area contributed by atoms with E-state index in [1.54, 1.807) is 4.90 Å². The summed E-state index contributed by atoms with van der Waals surface area (Å²) in [5, 5.41) is 6.13. The molecule has 1 aromatic rings. The van der Waals surface area contributed by atoms with Gasteiger partial charge >= 0.3 is 0 Å². The van der Waals surface area contributed by atoms with E-state index < -0.39 is 6.04 Å². The first kappa shape index (κ1) is 16.0. The van der Waals surface area contributed by atoms with Gasteiger partial charge < -0.3 is 20.3 Å². The lowest BCUT2D eigenvalue weighted by Gasteiger charge is -2.24. The Kier molecular flexibility index (Phi) is 4.93. The van der Waals surface area contributed by atoms with Gasteiger partial charge in [-0.25, -0.2) is 0 Å². The summed E-state index contributed by atoms with van der Waals surface area (Å²) in [4.78, 5) is 26.6. The van der Waals surface area contributed by atoms with Crippen LogP contribution in [0.25, 0.3) is 0 Å². The Hall–Kier alpha value is -1.92. The van der Waals surface area contributed by atoms with Crippen LogP contribution in [0.15, 0.2) is 30.3 Å². The molecule has 23 heavy (non-hydrogen) atoms. The molecule has 6 heteroatoms. The minimum Gasteiger partial charge on any atom is -0.378 e. The third-order valence-electron chi connectivity index (χ3n) is 4.35. The molecule has 2 fully saturated rings. The van der Waals surface area contributed by atoms with E-state index in [0.29, 0.717) is 26.1 Å². The number of rotatable bonds is 4. The van der Waals surface area contributed by atoms with Gasteiger partial charge in [-0.1, -0.05) is 18.2 Å². The van der Waals surface area contributed by atoms with E-state index in [4.69, 9.17) is 4.74 Å². The zero-order valence-corrected chi connectivity index (χ0v) is 13.3. The van der Waals surface area contributed by atoms with Gasteiger partial charge in [0.15, 0.2) is 0 Å². The van der Waals surface area contributed by atoms with Crippen molar-refractivity contribution in [2.24, 2.45) is 0 Å². The number of carbonyl (C=O) groups is 2. The highest BCUT2D eigenvalue weighted by Crippen LogP contribution is 2.26. The molecule has 3 rings (SSSR count). The number of para-hydroxylation sites is 1. The molecule has 0 radical (unpaired) electrons. The van der Waals surface area contributed by atoms with Crippen molar-refractivity contribution in [3.05, 3.63) is 30.3 Å². The Labute approximate surface area is 136 Å². The van der Waals surface area contributed by atoms with E-state index in [0.717, 1.165) is 12.2 Å². The lowest BCUT2D eigenvalue weighted by Crippen LogP contribution is -2.47. The molecule has 124 valence electrons. The molecular formula is C17H23N3O3. The fraction of sp³-hybridized carbons (Fsp3) is 0.529. The first-order valence-electron chi connectivity index (χ1n) is 8.14. The number of anilines is 1. The van der Waals surface area contributed by atoms with Crippen LogP contribution in [0.1, 0.15) is 19.8 Å². The molecule has 0 spiro atoms. The van der Waals surface area contributed by atoms with Crippen molar-refractivity contribution in [1.29, 1.82) is 0 Å². The first-order chi connectivity index (χ1) is 11.1. The van der Waals surface area contributed by atoms with Gasteiger partial charge in [-0.15, -0.1) is 0 Å². The van der Waals surface area contributed by atoms with E-state index in [9.17, 15) is 9.59 Å². The predicted octanol–water partition coefficient (Wildman–Crippen LogP) is 0.675. The highest BCUT2D eigenvalue weighted by molar-refractivity contribution is 6.02. The molecule has 2 saturated heterocycles. The zero-order chi connectivity index (χ0) is 16.2. The van der Waals surface area contributed by atoms with Gasteiger partial charge in [-0.3, -0.25) is 9.59 Å². The Morgan fingerprint density at radius 2 is 2.17 bits per heavy atom. The number of hydrogen-bond donors (Lipinski definition) is 2. The van der Waals surface area contributed by atoms with Crippen LogP contribution in [0, 0.1) is 0 Å². The van der Waals surface area contributed by atoms with Crippen molar-refractivity contribution in [3.63, 3.8) is 0 Å². The van der Waals surface area contributed by atoms with Gasteiger partial charge in [0.25, 0.3) is 0 Å². The van der Waals surface area contributed by atoms with Gasteiger partial charge in [0.1, 0.15) is 6.04 Å². The second-order valence-electron chi connectivity index (χ2n) is 6.18. The van der Waals surface area contributed by atoms with Gasteiger partial charge in [0, 0.05) is 30.7 Å². The van der Waals surface area contributed by atoms with Crippen molar-refractivity contribution in [2.45, 2.75) is 37.9 Å². The first-order valence-corrected chi connectivity index (χ1v) is 8.14. The van der Waals surface area contributed by atoms with Crippen molar-refractivity contribution in [2.75, 3.05) is 24.7 Å². The molecule has 1 aromatic carbocycles. The fourth-order valence-electron chi connectivity index (χ4n) is 3.25. The molecule has 2 heterocycles. The van der Waals surface area contributed by atoms with E-state index in [2.05, 4.69) is 10.6 Å². The van der Waals surface area contributed by atoms with Crippen LogP contribution in [-0.4, -0.2) is 49.7 Å². The number of nitrogens with zero attached hydrogens (tertiary/aromatic N) is 1. The molecule has 2 aliphatic heterocycles. The molecule has 0 saturated carbocycles. The summed E-state index contributed by atoms with van der Waals surface area (Å²) in [5.41, 5.74) is 0.879. The lowest BCUT2D eigenvalue weighted by atomic mass is 10.1. The average molecular weight is 317 g/mol. The van der Waals surface area contributed by atoms with Crippen molar-refractivity contribution < 1.29 is 14.3 Å². The molecule has 6 nitrogen and oxygen atoms in total. The van der Waals surface area contributed by atoms with Crippen LogP contribution in [0.4, 0.5) is 5.69 Å². The number of morpholine rings is 1. The standard InChI is InChI=1S/C17H23N3O3/c1-12-9-15(17(22)20(12)14-5-3-2-4-6-14)19-16(21)10-13-11-23-8-7-18-13/h2-6,12-13,15,18H,7-11H2,1H3,(H,19,21). The van der Waals surface area contributed by atoms with Gasteiger partial charge in [0.05, 0.1) is 13.2 Å². The molecule has 2 amide bonds. The van der Waals surface area contributed by atoms with E-state index in [1.807, 2.05) is 37.3 Å². The topological polar surface area (TPSA) is 70.7 Å². The quantitative estimate of drug-likeness (QED) is 0.856. The van der Waals surface area contributed by atoms with Crippen LogP contribution >= 0.6 is 0 Å². The van der Waals surface area contributed by atoms with Crippen molar-refractivity contribution in [3.8, 4) is 0 Å². The van der Waals surface area contributed by atoms with Crippen LogP contribution in [-0.2, 0) is 14.3 Å². The number of nitrogens with one attached hydrogen (secondary N) is 2. The van der Waals surface area contributed by atoms with Crippen LogP contribution in [0.3, 0.4) is 0 Å². The van der Waals surface area contributed by atoms with E-state index in [-0.39, 0.29) is 23.9 Å². The Balaban J connectivity index is 1.58. The summed E-state index contributed by atoms with van der Waals surface area (Å²) in [7, 11) is 0. The third-order valence-corrected chi connectivity index (χ3v) is 4.35. The maximum atomic E-state index is 12.6. The van der Waals surface area contributed by atoms with Crippen LogP contribution in [0.5, 0.6) is 0 Å². The summed E-state index contributed by atoms with van der Waals surface area (Å²) >= 11 is 0. The molecule has 0 bridgehead atoms. The van der Waals surface area contributed by atoms with Crippen LogP contribution < -0.4 is 15.5 Å². The molecule has 0 aliphatic carbocycles. The van der Waals surface area contributed by atoms with Gasteiger partial charge in [-0.05, 0) is 25.5 Å². The highest BCUT2D eigenvalue weighted by atomic mass is 16.5. The van der Waals surface area contributed by atoms with E-state index >= 15 is 0 Å². The second kappa shape index (κ2) is 7.10. The maximum absolute atomic E-state index is 12.6. The monoisotopic (exact) mass is 317 g/mol. The molecule has 2 N–H and O–H groups in total. The molecular weight excluding hydrogens is 294 g/mol. The van der Waals surface area contributed by atoms with Crippen LogP contribution in [0.2, 0.25) is 0 Å². The SMILES string of the molecule is CC1CC(NC(=O)CC2COCCN2)C(=O)N1c1ccccc1. The minimum absolute atomic E-state index is 0.0305. The number of benzene rings is 1. The van der Waals surface area contributed by atoms with Crippen molar-refractivity contribution >= 4 is 17.5 Å². The average Bonchev–Trinajstić information content (AvgIpc) is 2.83. The summed E-state index contributed by atoms with van der Waals surface area (Å²) in [6.45, 7) is 3.99. The number of carbonyl (C=O) groups excluding carboxylic acids is 2. The Morgan fingerprint density at radius 1 is 1.39 bits per heavy atom. The third kappa shape index (κ3) is 3.71. The summed E-state index contributed by atoms with van der Waals surface area (Å²) in [5.74, 6) is -0.140. The minimum atomic E-state index is -0.442. The molecule has 0 aromatic heterocycles. The zero-order valence-electron chi connectivity index (χ0n) is 13.3. The normalized spacial score (nSPS) is 28.0. The van der Waals surface area contributed by atoms with Gasteiger partial charge in [0.2, 0.25) is 11.8 Å². The van der Waals surface area contributed by atoms with Gasteiger partial charge in [-0.2, -0.15) is 0 Å². The molecule has 2 aliphatic rings. The van der Waals surface area contributed by atoms with E-state index in [1.165, 1.54) is 0 Å². The smallest absolute Gasteiger partial charge is 0.249 e. The predicted molar refractivity (Wildman–Crippen MR) is 87.2 cm³/mol. The molecule has 3 unspecified atom stereocenters. The molecule has 3 atom stereocenters. The summed E-state index contributed by atoms with van der Waals surface area (Å²) < 4.78 is 5.35. The number of hydrogen-bond acceptors (Lipinski definition) is 4. The fourth-order valence-corrected chi connectivity index (χ4v) is 3.25. The largest absolute Gasteiger partial charge is 0.378 e. The second-order valence-corrected chi connectivity index (χ2v) is 6.18.